The van der Waals surface area contributed by atoms with Crippen LogP contribution in [0.3, 0.4) is 0 Å². The third-order valence-electron chi connectivity index (χ3n) is 8.49. The molecule has 0 aliphatic heterocycles. The number of hydrogen-bond donors (Lipinski definition) is 0. The summed E-state index contributed by atoms with van der Waals surface area (Å²) in [4.78, 5) is 7.27. The van der Waals surface area contributed by atoms with Gasteiger partial charge >= 0.3 is 0 Å². The zero-order valence-corrected chi connectivity index (χ0v) is 24.2. The lowest BCUT2D eigenvalue weighted by molar-refractivity contribution is 0.623. The molecule has 45 heavy (non-hydrogen) atoms. The van der Waals surface area contributed by atoms with E-state index in [1.54, 1.807) is 0 Å². The highest BCUT2D eigenvalue weighted by atomic mass is 16.3. The van der Waals surface area contributed by atoms with Gasteiger partial charge in [0.25, 0.3) is 0 Å². The highest BCUT2D eigenvalue weighted by Gasteiger charge is 2.21. The van der Waals surface area contributed by atoms with Crippen LogP contribution in [-0.4, -0.2) is 4.98 Å². The Hall–Kier alpha value is -6.13. The normalized spacial score (nSPS) is 11.6. The minimum atomic E-state index is 0.615. The van der Waals surface area contributed by atoms with E-state index in [9.17, 15) is 0 Å². The van der Waals surface area contributed by atoms with Crippen LogP contribution < -0.4 is 4.90 Å². The lowest BCUT2D eigenvalue weighted by Crippen LogP contribution is -2.10. The van der Waals surface area contributed by atoms with Gasteiger partial charge in [-0.05, 0) is 65.7 Å². The van der Waals surface area contributed by atoms with E-state index in [1.807, 2.05) is 54.6 Å². The molecule has 0 aliphatic rings. The van der Waals surface area contributed by atoms with E-state index in [-0.39, 0.29) is 0 Å². The van der Waals surface area contributed by atoms with Gasteiger partial charge in [0.1, 0.15) is 16.7 Å². The third kappa shape index (κ3) is 4.19. The summed E-state index contributed by atoms with van der Waals surface area (Å²) in [5.74, 6) is 0.615. The van der Waals surface area contributed by atoms with Crippen LogP contribution in [0, 0.1) is 0 Å². The Balaban J connectivity index is 1.23. The summed E-state index contributed by atoms with van der Waals surface area (Å²) >= 11 is 0. The Morgan fingerprint density at radius 2 is 1.11 bits per heavy atom. The Labute approximate surface area is 259 Å². The number of furan rings is 1. The van der Waals surface area contributed by atoms with E-state index in [1.165, 1.54) is 0 Å². The van der Waals surface area contributed by atoms with Gasteiger partial charge in [0, 0.05) is 38.5 Å². The van der Waals surface area contributed by atoms with Gasteiger partial charge in [-0.3, -0.25) is 0 Å². The van der Waals surface area contributed by atoms with Gasteiger partial charge < -0.3 is 13.7 Å². The van der Waals surface area contributed by atoms with Crippen LogP contribution >= 0.6 is 0 Å². The molecule has 4 heteroatoms. The van der Waals surface area contributed by atoms with Gasteiger partial charge in [0.2, 0.25) is 5.89 Å². The minimum Gasteiger partial charge on any atom is -0.456 e. The van der Waals surface area contributed by atoms with Crippen molar-refractivity contribution in [1.29, 1.82) is 0 Å². The quantitative estimate of drug-likeness (QED) is 0.204. The second kappa shape index (κ2) is 10.2. The molecular weight excluding hydrogens is 552 g/mol. The molecule has 4 nitrogen and oxygen atoms in total. The number of rotatable bonds is 5. The third-order valence-corrected chi connectivity index (χ3v) is 8.49. The predicted octanol–water partition coefficient (Wildman–Crippen LogP) is 11.7. The van der Waals surface area contributed by atoms with Gasteiger partial charge in [-0.2, -0.15) is 0 Å². The first-order chi connectivity index (χ1) is 22.3. The molecule has 0 aliphatic carbocycles. The maximum absolute atomic E-state index is 6.40. The molecule has 0 bridgehead atoms. The predicted molar refractivity (Wildman–Crippen MR) is 184 cm³/mol. The Morgan fingerprint density at radius 1 is 0.467 bits per heavy atom. The number of oxazole rings is 1. The van der Waals surface area contributed by atoms with Crippen molar-refractivity contribution in [1.82, 2.24) is 4.98 Å². The molecule has 0 amide bonds. The Kier molecular flexibility index (Phi) is 5.78. The van der Waals surface area contributed by atoms with E-state index >= 15 is 0 Å². The van der Waals surface area contributed by atoms with Crippen LogP contribution in [0.2, 0.25) is 0 Å². The van der Waals surface area contributed by atoms with Crippen molar-refractivity contribution in [2.45, 2.75) is 0 Å². The van der Waals surface area contributed by atoms with Gasteiger partial charge in [0.15, 0.2) is 5.58 Å². The van der Waals surface area contributed by atoms with Crippen LogP contribution in [0.5, 0.6) is 0 Å². The zero-order valence-electron chi connectivity index (χ0n) is 24.2. The first kappa shape index (κ1) is 25.4. The molecule has 0 fully saturated rings. The van der Waals surface area contributed by atoms with Crippen molar-refractivity contribution in [3.63, 3.8) is 0 Å². The minimum absolute atomic E-state index is 0.615. The first-order valence-electron chi connectivity index (χ1n) is 15.1. The molecule has 0 radical (unpaired) electrons. The fourth-order valence-corrected chi connectivity index (χ4v) is 6.43. The Morgan fingerprint density at radius 3 is 1.91 bits per heavy atom. The summed E-state index contributed by atoms with van der Waals surface area (Å²) in [6.45, 7) is 0. The van der Waals surface area contributed by atoms with Crippen molar-refractivity contribution in [3.8, 4) is 22.6 Å². The standard InChI is InChI=1S/C41H26N2O2/c1-3-12-28(13-4-1)41-42-35-26-36(32-16-7-8-17-33(32)40(35)45-41)43(29-14-5-2-6-15-29)30-24-22-27(23-25-30)31-19-11-21-38-39(31)34-18-9-10-20-37(34)44-38/h1-26H. The van der Waals surface area contributed by atoms with Gasteiger partial charge in [-0.25, -0.2) is 4.98 Å². The molecule has 212 valence electrons. The van der Waals surface area contributed by atoms with Gasteiger partial charge in [-0.1, -0.05) is 103 Å². The van der Waals surface area contributed by atoms with Crippen LogP contribution in [0.4, 0.5) is 17.1 Å². The number of benzene rings is 7. The largest absolute Gasteiger partial charge is 0.456 e. The average Bonchev–Trinajstić information content (AvgIpc) is 3.72. The molecule has 9 rings (SSSR count). The second-order valence-electron chi connectivity index (χ2n) is 11.2. The molecule has 0 saturated heterocycles. The Bertz CT molecular complexity index is 2480. The molecule has 0 saturated carbocycles. The maximum atomic E-state index is 6.40. The molecule has 2 heterocycles. The van der Waals surface area contributed by atoms with Crippen molar-refractivity contribution in [2.75, 3.05) is 4.90 Å². The van der Waals surface area contributed by atoms with E-state index in [4.69, 9.17) is 13.8 Å². The number of fused-ring (bicyclic) bond motifs is 6. The molecule has 0 atom stereocenters. The monoisotopic (exact) mass is 578 g/mol. The van der Waals surface area contributed by atoms with Gasteiger partial charge in [0.05, 0.1) is 5.69 Å². The van der Waals surface area contributed by atoms with Crippen molar-refractivity contribution in [3.05, 3.63) is 158 Å². The number of hydrogen-bond acceptors (Lipinski definition) is 4. The zero-order chi connectivity index (χ0) is 29.7. The van der Waals surface area contributed by atoms with Crippen LogP contribution in [0.1, 0.15) is 0 Å². The molecule has 0 spiro atoms. The van der Waals surface area contributed by atoms with Crippen molar-refractivity contribution < 1.29 is 8.83 Å². The molecule has 9 aromatic rings. The SMILES string of the molecule is c1ccc(-c2nc3cc(N(c4ccccc4)c4ccc(-c5cccc6oc7ccccc7c56)cc4)c4ccccc4c3o2)cc1. The number of anilines is 3. The van der Waals surface area contributed by atoms with Crippen LogP contribution in [0.25, 0.3) is 66.4 Å². The van der Waals surface area contributed by atoms with E-state index in [2.05, 4.69) is 108 Å². The lowest BCUT2D eigenvalue weighted by Gasteiger charge is -2.27. The highest BCUT2D eigenvalue weighted by molar-refractivity contribution is 6.13. The highest BCUT2D eigenvalue weighted by Crippen LogP contribution is 2.44. The average molecular weight is 579 g/mol. The van der Waals surface area contributed by atoms with E-state index in [0.717, 1.165) is 77.6 Å². The van der Waals surface area contributed by atoms with Crippen molar-refractivity contribution >= 4 is 60.9 Å². The number of nitrogens with zero attached hydrogens (tertiary/aromatic N) is 2. The van der Waals surface area contributed by atoms with Crippen molar-refractivity contribution in [2.24, 2.45) is 0 Å². The summed E-state index contributed by atoms with van der Waals surface area (Å²) in [5, 5.41) is 4.37. The summed E-state index contributed by atoms with van der Waals surface area (Å²) in [6.07, 6.45) is 0. The molecule has 7 aromatic carbocycles. The number of aromatic nitrogens is 1. The smallest absolute Gasteiger partial charge is 0.227 e. The fraction of sp³-hybridized carbons (Fsp3) is 0. The molecule has 2 aromatic heterocycles. The summed E-state index contributed by atoms with van der Waals surface area (Å²) in [6, 6.07) is 54.4. The molecule has 0 N–H and O–H groups in total. The topological polar surface area (TPSA) is 42.4 Å². The summed E-state index contributed by atoms with van der Waals surface area (Å²) in [5.41, 5.74) is 9.78. The molecule has 0 unspecified atom stereocenters. The van der Waals surface area contributed by atoms with E-state index < -0.39 is 0 Å². The van der Waals surface area contributed by atoms with Crippen LogP contribution in [-0.2, 0) is 0 Å². The fourth-order valence-electron chi connectivity index (χ4n) is 6.43. The second-order valence-corrected chi connectivity index (χ2v) is 11.2. The number of para-hydroxylation sites is 2. The van der Waals surface area contributed by atoms with E-state index in [0.29, 0.717) is 5.89 Å². The summed E-state index contributed by atoms with van der Waals surface area (Å²) < 4.78 is 12.6. The lowest BCUT2D eigenvalue weighted by atomic mass is 9.99. The van der Waals surface area contributed by atoms with Gasteiger partial charge in [-0.15, -0.1) is 0 Å². The molecular formula is C41H26N2O2. The maximum Gasteiger partial charge on any atom is 0.227 e. The first-order valence-corrected chi connectivity index (χ1v) is 15.1. The van der Waals surface area contributed by atoms with Crippen LogP contribution in [0.15, 0.2) is 167 Å². The summed E-state index contributed by atoms with van der Waals surface area (Å²) in [7, 11) is 0.